The van der Waals surface area contributed by atoms with E-state index in [2.05, 4.69) is 19.5 Å². The maximum absolute atomic E-state index is 13.1. The zero-order valence-electron chi connectivity index (χ0n) is 16.6. The average Bonchev–Trinajstić information content (AvgIpc) is 2.76. The minimum absolute atomic E-state index is 0.0100. The molecule has 2 aromatic rings. The van der Waals surface area contributed by atoms with Gasteiger partial charge in [-0.05, 0) is 36.4 Å². The van der Waals surface area contributed by atoms with E-state index >= 15 is 0 Å². The van der Waals surface area contributed by atoms with E-state index in [0.717, 1.165) is 26.4 Å². The summed E-state index contributed by atoms with van der Waals surface area (Å²) in [6.07, 6.45) is 0. The maximum Gasteiger partial charge on any atom is 0.339 e. The van der Waals surface area contributed by atoms with Crippen LogP contribution in [0.4, 0.5) is 5.69 Å². The number of hydrogen-bond donors (Lipinski definition) is 2. The zero-order valence-corrected chi connectivity index (χ0v) is 17.5. The van der Waals surface area contributed by atoms with E-state index in [1.165, 1.54) is 38.4 Å². The number of amides is 1. The third kappa shape index (κ3) is 4.69. The molecule has 2 aromatic carbocycles. The van der Waals surface area contributed by atoms with Crippen LogP contribution in [0.25, 0.3) is 0 Å². The van der Waals surface area contributed by atoms with Crippen molar-refractivity contribution >= 4 is 33.6 Å². The first-order chi connectivity index (χ1) is 14.2. The molecule has 1 amide bonds. The van der Waals surface area contributed by atoms with Crippen molar-refractivity contribution in [1.82, 2.24) is 5.32 Å². The quantitative estimate of drug-likeness (QED) is 0.622. The SMILES string of the molecule is CNC(=O)c1cc(OC)ccc1NS(=O)(=O)c1cc(C(=O)OC)ccc1C(=O)OC. The lowest BCUT2D eigenvalue weighted by Crippen LogP contribution is -2.23. The predicted octanol–water partition coefficient (Wildman–Crippen LogP) is 1.43. The molecule has 0 aromatic heterocycles. The van der Waals surface area contributed by atoms with E-state index in [9.17, 15) is 22.8 Å². The van der Waals surface area contributed by atoms with Gasteiger partial charge >= 0.3 is 11.9 Å². The lowest BCUT2D eigenvalue weighted by atomic mass is 10.1. The fourth-order valence-electron chi connectivity index (χ4n) is 2.53. The van der Waals surface area contributed by atoms with Crippen molar-refractivity contribution in [2.45, 2.75) is 4.90 Å². The number of ether oxygens (including phenoxy) is 3. The second kappa shape index (κ2) is 9.27. The molecule has 0 aliphatic rings. The van der Waals surface area contributed by atoms with E-state index < -0.39 is 32.8 Å². The summed E-state index contributed by atoms with van der Waals surface area (Å²) in [5, 5.41) is 2.40. The Balaban J connectivity index is 2.63. The van der Waals surface area contributed by atoms with E-state index in [1.807, 2.05) is 0 Å². The molecule has 0 heterocycles. The number of sulfonamides is 1. The standard InChI is InChI=1S/C19H20N2O8S/c1-20-17(22)14-10-12(27-2)6-8-15(14)21-30(25,26)16-9-11(18(23)28-3)5-7-13(16)19(24)29-4/h5-10,21H,1-4H3,(H,20,22). The normalized spacial score (nSPS) is 10.7. The third-order valence-electron chi connectivity index (χ3n) is 4.04. The van der Waals surface area contributed by atoms with Crippen LogP contribution in [-0.4, -0.2) is 54.6 Å². The smallest absolute Gasteiger partial charge is 0.339 e. The van der Waals surface area contributed by atoms with Gasteiger partial charge in [0, 0.05) is 7.05 Å². The largest absolute Gasteiger partial charge is 0.497 e. The molecule has 0 fully saturated rings. The lowest BCUT2D eigenvalue weighted by Gasteiger charge is -2.15. The number of methoxy groups -OCH3 is 3. The summed E-state index contributed by atoms with van der Waals surface area (Å²) in [6, 6.07) is 7.51. The highest BCUT2D eigenvalue weighted by Crippen LogP contribution is 2.27. The summed E-state index contributed by atoms with van der Waals surface area (Å²) in [4.78, 5) is 35.6. The van der Waals surface area contributed by atoms with E-state index in [0.29, 0.717) is 5.75 Å². The predicted molar refractivity (Wildman–Crippen MR) is 106 cm³/mol. The Morgan fingerprint density at radius 1 is 0.867 bits per heavy atom. The fourth-order valence-corrected chi connectivity index (χ4v) is 3.83. The average molecular weight is 436 g/mol. The monoisotopic (exact) mass is 436 g/mol. The van der Waals surface area contributed by atoms with Crippen molar-refractivity contribution in [3.05, 3.63) is 53.1 Å². The van der Waals surface area contributed by atoms with Crippen molar-refractivity contribution in [3.8, 4) is 5.75 Å². The Bertz CT molecular complexity index is 1100. The molecule has 160 valence electrons. The summed E-state index contributed by atoms with van der Waals surface area (Å²) in [5.41, 5.74) is -0.460. The summed E-state index contributed by atoms with van der Waals surface area (Å²) in [5.74, 6) is -1.95. The van der Waals surface area contributed by atoms with Gasteiger partial charge in [0.25, 0.3) is 15.9 Å². The number of carbonyl (C=O) groups is 3. The van der Waals surface area contributed by atoms with Gasteiger partial charge in [-0.3, -0.25) is 9.52 Å². The van der Waals surface area contributed by atoms with Crippen LogP contribution < -0.4 is 14.8 Å². The molecule has 2 N–H and O–H groups in total. The molecular formula is C19H20N2O8S. The second-order valence-electron chi connectivity index (χ2n) is 5.79. The van der Waals surface area contributed by atoms with Crippen LogP contribution >= 0.6 is 0 Å². The number of carbonyl (C=O) groups excluding carboxylic acids is 3. The minimum Gasteiger partial charge on any atom is -0.497 e. The number of hydrogen-bond acceptors (Lipinski definition) is 8. The van der Waals surface area contributed by atoms with Gasteiger partial charge in [0.1, 0.15) is 10.6 Å². The van der Waals surface area contributed by atoms with Crippen molar-refractivity contribution in [3.63, 3.8) is 0 Å². The lowest BCUT2D eigenvalue weighted by molar-refractivity contribution is 0.0583. The molecule has 0 aliphatic heterocycles. The van der Waals surface area contributed by atoms with Gasteiger partial charge in [-0.1, -0.05) is 0 Å². The molecule has 0 saturated carbocycles. The highest BCUT2D eigenvalue weighted by molar-refractivity contribution is 7.92. The molecule has 0 unspecified atom stereocenters. The molecular weight excluding hydrogens is 416 g/mol. The van der Waals surface area contributed by atoms with Crippen molar-refractivity contribution in [2.24, 2.45) is 0 Å². The molecule has 10 nitrogen and oxygen atoms in total. The van der Waals surface area contributed by atoms with E-state index in [-0.39, 0.29) is 22.4 Å². The second-order valence-corrected chi connectivity index (χ2v) is 7.44. The van der Waals surface area contributed by atoms with Crippen LogP contribution in [0.5, 0.6) is 5.75 Å². The first-order valence-electron chi connectivity index (χ1n) is 8.42. The number of benzene rings is 2. The first-order valence-corrected chi connectivity index (χ1v) is 9.90. The van der Waals surface area contributed by atoms with Gasteiger partial charge in [-0.15, -0.1) is 0 Å². The van der Waals surface area contributed by atoms with Crippen LogP contribution in [0.3, 0.4) is 0 Å². The van der Waals surface area contributed by atoms with Gasteiger partial charge in [0.15, 0.2) is 0 Å². The molecule has 0 saturated heterocycles. The van der Waals surface area contributed by atoms with Gasteiger partial charge in [-0.2, -0.15) is 0 Å². The fraction of sp³-hybridized carbons (Fsp3) is 0.211. The molecule has 11 heteroatoms. The molecule has 0 atom stereocenters. The molecule has 2 rings (SSSR count). The van der Waals surface area contributed by atoms with Crippen LogP contribution in [0.2, 0.25) is 0 Å². The van der Waals surface area contributed by atoms with Gasteiger partial charge in [-0.25, -0.2) is 18.0 Å². The molecule has 0 bridgehead atoms. The molecule has 30 heavy (non-hydrogen) atoms. The third-order valence-corrected chi connectivity index (χ3v) is 5.45. The Morgan fingerprint density at radius 2 is 1.53 bits per heavy atom. The molecule has 0 spiro atoms. The number of nitrogens with one attached hydrogen (secondary N) is 2. The number of rotatable bonds is 7. The van der Waals surface area contributed by atoms with E-state index in [4.69, 9.17) is 4.74 Å². The minimum atomic E-state index is -4.43. The van der Waals surface area contributed by atoms with Crippen molar-refractivity contribution in [2.75, 3.05) is 33.1 Å². The summed E-state index contributed by atoms with van der Waals surface area (Å²) < 4.78 is 42.8. The zero-order chi connectivity index (χ0) is 22.5. The first kappa shape index (κ1) is 22.7. The maximum atomic E-state index is 13.1. The van der Waals surface area contributed by atoms with Crippen molar-refractivity contribution < 1.29 is 37.0 Å². The molecule has 0 radical (unpaired) electrons. The van der Waals surface area contributed by atoms with Crippen molar-refractivity contribution in [1.29, 1.82) is 0 Å². The van der Waals surface area contributed by atoms with E-state index in [1.54, 1.807) is 0 Å². The highest BCUT2D eigenvalue weighted by Gasteiger charge is 2.27. The van der Waals surface area contributed by atoms with Gasteiger partial charge in [0.2, 0.25) is 0 Å². The Kier molecular flexibility index (Phi) is 7.01. The Labute approximate surface area is 173 Å². The van der Waals surface area contributed by atoms with Crippen LogP contribution in [0, 0.1) is 0 Å². The van der Waals surface area contributed by atoms with Crippen LogP contribution in [-0.2, 0) is 19.5 Å². The number of anilines is 1. The summed E-state index contributed by atoms with van der Waals surface area (Å²) in [7, 11) is 0.580. The molecule has 0 aliphatic carbocycles. The van der Waals surface area contributed by atoms with Gasteiger partial charge < -0.3 is 19.5 Å². The van der Waals surface area contributed by atoms with Crippen LogP contribution in [0.15, 0.2) is 41.3 Å². The summed E-state index contributed by atoms with van der Waals surface area (Å²) >= 11 is 0. The topological polar surface area (TPSA) is 137 Å². The van der Waals surface area contributed by atoms with Crippen LogP contribution in [0.1, 0.15) is 31.1 Å². The highest BCUT2D eigenvalue weighted by atomic mass is 32.2. The number of esters is 2. The Morgan fingerprint density at radius 3 is 2.10 bits per heavy atom. The summed E-state index contributed by atoms with van der Waals surface area (Å²) in [6.45, 7) is 0. The Hall–Kier alpha value is -3.60. The van der Waals surface area contributed by atoms with Gasteiger partial charge in [0.05, 0.1) is 43.7 Å².